The third kappa shape index (κ3) is 3.58. The Labute approximate surface area is 92.5 Å². The van der Waals surface area contributed by atoms with Crippen LogP contribution >= 0.6 is 0 Å². The van der Waals surface area contributed by atoms with Crippen LogP contribution < -0.4 is 4.74 Å². The van der Waals surface area contributed by atoms with E-state index in [0.29, 0.717) is 0 Å². The van der Waals surface area contributed by atoms with Crippen LogP contribution in [0.15, 0.2) is 24.3 Å². The van der Waals surface area contributed by atoms with E-state index in [0.717, 1.165) is 18.3 Å². The number of rotatable bonds is 4. The van der Waals surface area contributed by atoms with Crippen LogP contribution in [0, 0.1) is 12.0 Å². The number of hydrogen-bond acceptors (Lipinski definition) is 1. The SMILES string of the molecule is [c]1ccc(OCCC2CCCCC2)cc1. The number of ether oxygens (including phenoxy) is 1. The second-order valence-electron chi connectivity index (χ2n) is 4.38. The molecule has 0 saturated heterocycles. The molecule has 1 aliphatic rings. The Kier molecular flexibility index (Phi) is 4.07. The molecule has 1 radical (unpaired) electrons. The van der Waals surface area contributed by atoms with Gasteiger partial charge in [0.2, 0.25) is 0 Å². The summed E-state index contributed by atoms with van der Waals surface area (Å²) in [4.78, 5) is 0. The fraction of sp³-hybridized carbons (Fsp3) is 0.571. The summed E-state index contributed by atoms with van der Waals surface area (Å²) in [5.41, 5.74) is 0. The molecule has 2 rings (SSSR count). The molecule has 1 aromatic rings. The van der Waals surface area contributed by atoms with E-state index in [9.17, 15) is 0 Å². The zero-order valence-electron chi connectivity index (χ0n) is 9.24. The Bertz CT molecular complexity index is 262. The second-order valence-corrected chi connectivity index (χ2v) is 4.38. The highest BCUT2D eigenvalue weighted by Gasteiger charge is 2.12. The Hall–Kier alpha value is -0.980. The molecule has 1 aromatic carbocycles. The molecule has 0 spiro atoms. The van der Waals surface area contributed by atoms with E-state index in [-0.39, 0.29) is 0 Å². The molecule has 0 unspecified atom stereocenters. The summed E-state index contributed by atoms with van der Waals surface area (Å²) in [5.74, 6) is 1.89. The summed E-state index contributed by atoms with van der Waals surface area (Å²) in [5, 5.41) is 0. The third-order valence-corrected chi connectivity index (χ3v) is 3.21. The van der Waals surface area contributed by atoms with Gasteiger partial charge < -0.3 is 4.74 Å². The first-order chi connectivity index (χ1) is 7.45. The molecule has 0 aromatic heterocycles. The van der Waals surface area contributed by atoms with Crippen LogP contribution in [0.5, 0.6) is 5.75 Å². The van der Waals surface area contributed by atoms with Gasteiger partial charge in [-0.15, -0.1) is 0 Å². The fourth-order valence-electron chi connectivity index (χ4n) is 2.29. The predicted molar refractivity (Wildman–Crippen MR) is 62.0 cm³/mol. The van der Waals surface area contributed by atoms with Crippen molar-refractivity contribution in [1.82, 2.24) is 0 Å². The van der Waals surface area contributed by atoms with Crippen LogP contribution in [0.25, 0.3) is 0 Å². The van der Waals surface area contributed by atoms with E-state index in [1.807, 2.05) is 24.3 Å². The van der Waals surface area contributed by atoms with Gasteiger partial charge in [0, 0.05) is 0 Å². The van der Waals surface area contributed by atoms with Gasteiger partial charge in [-0.2, -0.15) is 0 Å². The van der Waals surface area contributed by atoms with Crippen LogP contribution in [0.3, 0.4) is 0 Å². The van der Waals surface area contributed by atoms with Gasteiger partial charge in [0.05, 0.1) is 6.61 Å². The second kappa shape index (κ2) is 5.79. The van der Waals surface area contributed by atoms with Crippen LogP contribution in [-0.4, -0.2) is 6.61 Å². The normalized spacial score (nSPS) is 17.6. The number of benzene rings is 1. The lowest BCUT2D eigenvalue weighted by atomic mass is 9.87. The maximum Gasteiger partial charge on any atom is 0.119 e. The molecule has 0 bridgehead atoms. The third-order valence-electron chi connectivity index (χ3n) is 3.21. The number of hydrogen-bond donors (Lipinski definition) is 0. The quantitative estimate of drug-likeness (QED) is 0.722. The highest BCUT2D eigenvalue weighted by molar-refractivity contribution is 5.20. The summed E-state index contributed by atoms with van der Waals surface area (Å²) in [7, 11) is 0. The minimum Gasteiger partial charge on any atom is -0.494 e. The molecule has 0 aliphatic heterocycles. The van der Waals surface area contributed by atoms with Crippen molar-refractivity contribution in [3.05, 3.63) is 30.3 Å². The van der Waals surface area contributed by atoms with E-state index in [1.54, 1.807) is 0 Å². The average molecular weight is 203 g/mol. The van der Waals surface area contributed by atoms with Gasteiger partial charge in [-0.25, -0.2) is 0 Å². The lowest BCUT2D eigenvalue weighted by Gasteiger charge is -2.21. The molecular formula is C14H19O. The van der Waals surface area contributed by atoms with Crippen molar-refractivity contribution in [1.29, 1.82) is 0 Å². The molecular weight excluding hydrogens is 184 g/mol. The highest BCUT2D eigenvalue weighted by atomic mass is 16.5. The predicted octanol–water partition coefficient (Wildman–Crippen LogP) is 3.84. The molecule has 1 heteroatoms. The molecule has 0 atom stereocenters. The summed E-state index contributed by atoms with van der Waals surface area (Å²) >= 11 is 0. The van der Waals surface area contributed by atoms with Gasteiger partial charge in [-0.1, -0.05) is 44.2 Å². The summed E-state index contributed by atoms with van der Waals surface area (Å²) < 4.78 is 5.69. The van der Waals surface area contributed by atoms with Crippen molar-refractivity contribution < 1.29 is 4.74 Å². The van der Waals surface area contributed by atoms with Gasteiger partial charge >= 0.3 is 0 Å². The van der Waals surface area contributed by atoms with E-state index >= 15 is 0 Å². The average Bonchev–Trinajstić information content (AvgIpc) is 2.32. The zero-order valence-corrected chi connectivity index (χ0v) is 9.24. The molecule has 1 nitrogen and oxygen atoms in total. The van der Waals surface area contributed by atoms with Gasteiger partial charge in [-0.3, -0.25) is 0 Å². The first-order valence-corrected chi connectivity index (χ1v) is 6.04. The van der Waals surface area contributed by atoms with Crippen LogP contribution in [0.2, 0.25) is 0 Å². The van der Waals surface area contributed by atoms with Crippen LogP contribution in [0.1, 0.15) is 38.5 Å². The molecule has 0 amide bonds. The molecule has 15 heavy (non-hydrogen) atoms. The Balaban J connectivity index is 1.66. The zero-order chi connectivity index (χ0) is 10.3. The maximum absolute atomic E-state index is 5.69. The van der Waals surface area contributed by atoms with Crippen molar-refractivity contribution in [2.75, 3.05) is 6.61 Å². The fourth-order valence-corrected chi connectivity index (χ4v) is 2.29. The summed E-state index contributed by atoms with van der Waals surface area (Å²) in [6, 6.07) is 10.7. The van der Waals surface area contributed by atoms with Crippen molar-refractivity contribution in [2.24, 2.45) is 5.92 Å². The van der Waals surface area contributed by atoms with Crippen LogP contribution in [0.4, 0.5) is 0 Å². The molecule has 1 saturated carbocycles. The van der Waals surface area contributed by atoms with Crippen molar-refractivity contribution in [3.63, 3.8) is 0 Å². The van der Waals surface area contributed by atoms with Crippen LogP contribution in [-0.2, 0) is 0 Å². The lowest BCUT2D eigenvalue weighted by molar-refractivity contribution is 0.246. The molecule has 1 fully saturated rings. The first kappa shape index (κ1) is 10.5. The Morgan fingerprint density at radius 3 is 2.60 bits per heavy atom. The van der Waals surface area contributed by atoms with Gasteiger partial charge in [0.15, 0.2) is 0 Å². The first-order valence-electron chi connectivity index (χ1n) is 6.04. The molecule has 81 valence electrons. The largest absolute Gasteiger partial charge is 0.494 e. The standard InChI is InChI=1S/C14H19O/c1-3-7-13(8-4-1)11-12-15-14-9-5-2-6-10-14/h5-6,9-10,13H,1,3-4,7-8,11-12H2. The maximum atomic E-state index is 5.69. The smallest absolute Gasteiger partial charge is 0.119 e. The van der Waals surface area contributed by atoms with E-state index in [4.69, 9.17) is 4.74 Å². The topological polar surface area (TPSA) is 9.23 Å². The molecule has 1 aliphatic carbocycles. The monoisotopic (exact) mass is 203 g/mol. The van der Waals surface area contributed by atoms with Gasteiger partial charge in [-0.05, 0) is 30.5 Å². The van der Waals surface area contributed by atoms with Crippen molar-refractivity contribution in [2.45, 2.75) is 38.5 Å². The highest BCUT2D eigenvalue weighted by Crippen LogP contribution is 2.26. The van der Waals surface area contributed by atoms with Crippen molar-refractivity contribution in [3.8, 4) is 5.75 Å². The Morgan fingerprint density at radius 2 is 1.87 bits per heavy atom. The lowest BCUT2D eigenvalue weighted by Crippen LogP contribution is -2.10. The van der Waals surface area contributed by atoms with Gasteiger partial charge in [0.1, 0.15) is 5.75 Å². The molecule has 0 N–H and O–H groups in total. The molecule has 0 heterocycles. The summed E-state index contributed by atoms with van der Waals surface area (Å²) in [6.45, 7) is 0.870. The van der Waals surface area contributed by atoms with E-state index in [1.165, 1.54) is 38.5 Å². The van der Waals surface area contributed by atoms with Crippen molar-refractivity contribution >= 4 is 0 Å². The summed E-state index contributed by atoms with van der Waals surface area (Å²) in [6.07, 6.45) is 8.32. The van der Waals surface area contributed by atoms with E-state index < -0.39 is 0 Å². The minimum absolute atomic E-state index is 0.870. The minimum atomic E-state index is 0.870. The van der Waals surface area contributed by atoms with E-state index in [2.05, 4.69) is 6.07 Å². The Morgan fingerprint density at radius 1 is 1.13 bits per heavy atom. The van der Waals surface area contributed by atoms with Gasteiger partial charge in [0.25, 0.3) is 0 Å².